The summed E-state index contributed by atoms with van der Waals surface area (Å²) >= 11 is 0. The van der Waals surface area contributed by atoms with E-state index in [1.807, 2.05) is 6.92 Å². The Bertz CT molecular complexity index is 348. The first kappa shape index (κ1) is 14.3. The lowest BCUT2D eigenvalue weighted by molar-refractivity contribution is -0.151. The minimum Gasteiger partial charge on any atom is -0.377 e. The zero-order valence-corrected chi connectivity index (χ0v) is 11.4. The molecule has 0 bridgehead atoms. The van der Waals surface area contributed by atoms with Crippen molar-refractivity contribution in [3.05, 3.63) is 0 Å². The number of rotatable bonds is 3. The molecule has 3 atom stereocenters. The monoisotopic (exact) mass is 269 g/mol. The molecule has 2 amide bonds. The van der Waals surface area contributed by atoms with Crippen LogP contribution in [0.2, 0.25) is 0 Å². The third kappa shape index (κ3) is 3.25. The number of amides is 2. The molecule has 0 aromatic rings. The van der Waals surface area contributed by atoms with Gasteiger partial charge < -0.3 is 20.7 Å². The summed E-state index contributed by atoms with van der Waals surface area (Å²) in [5.74, 6) is -0.0876. The van der Waals surface area contributed by atoms with Crippen LogP contribution in [-0.4, -0.2) is 55.1 Å². The second kappa shape index (κ2) is 6.34. The number of carbonyl (C=O) groups is 2. The average molecular weight is 269 g/mol. The fourth-order valence-corrected chi connectivity index (χ4v) is 2.85. The molecule has 108 valence electrons. The summed E-state index contributed by atoms with van der Waals surface area (Å²) in [6.07, 6.45) is 2.46. The van der Waals surface area contributed by atoms with Crippen molar-refractivity contribution in [1.29, 1.82) is 0 Å². The number of nitrogens with two attached hydrogens (primary N) is 1. The van der Waals surface area contributed by atoms with Crippen molar-refractivity contribution in [2.24, 2.45) is 11.7 Å². The Hall–Kier alpha value is -1.14. The topological polar surface area (TPSA) is 84.7 Å². The first-order chi connectivity index (χ1) is 9.13. The van der Waals surface area contributed by atoms with Crippen molar-refractivity contribution >= 4 is 11.8 Å². The molecular weight excluding hydrogens is 246 g/mol. The molecule has 0 aromatic carbocycles. The Morgan fingerprint density at radius 1 is 1.42 bits per heavy atom. The summed E-state index contributed by atoms with van der Waals surface area (Å²) in [6.45, 7) is 3.71. The minimum absolute atomic E-state index is 0.0231. The van der Waals surface area contributed by atoms with Gasteiger partial charge in [-0.2, -0.15) is 0 Å². The maximum Gasteiger partial charge on any atom is 0.245 e. The van der Waals surface area contributed by atoms with Gasteiger partial charge in [0.25, 0.3) is 0 Å². The van der Waals surface area contributed by atoms with Crippen LogP contribution in [0.5, 0.6) is 0 Å². The fraction of sp³-hybridized carbons (Fsp3) is 0.846. The second-order valence-electron chi connectivity index (χ2n) is 5.29. The van der Waals surface area contributed by atoms with Gasteiger partial charge >= 0.3 is 0 Å². The molecule has 1 saturated carbocycles. The summed E-state index contributed by atoms with van der Waals surface area (Å²) in [7, 11) is 0. The predicted molar refractivity (Wildman–Crippen MR) is 70.3 cm³/mol. The van der Waals surface area contributed by atoms with Crippen molar-refractivity contribution < 1.29 is 14.3 Å². The van der Waals surface area contributed by atoms with E-state index in [0.29, 0.717) is 19.7 Å². The maximum atomic E-state index is 12.5. The van der Waals surface area contributed by atoms with Gasteiger partial charge in [-0.05, 0) is 26.2 Å². The number of morpholine rings is 1. The second-order valence-corrected chi connectivity index (χ2v) is 5.29. The average Bonchev–Trinajstić information content (AvgIpc) is 2.85. The van der Waals surface area contributed by atoms with Crippen LogP contribution in [0, 0.1) is 5.92 Å². The molecule has 2 aliphatic rings. The quantitative estimate of drug-likeness (QED) is 0.722. The van der Waals surface area contributed by atoms with E-state index in [1.54, 1.807) is 4.90 Å². The van der Waals surface area contributed by atoms with E-state index in [-0.39, 0.29) is 30.4 Å². The molecule has 6 heteroatoms. The summed E-state index contributed by atoms with van der Waals surface area (Å²) in [5.41, 5.74) is 5.86. The SMILES string of the molecule is CCNC(=O)C1COCCN1C(=O)C1CCC(N)C1. The number of carbonyl (C=O) groups excluding carboxylic acids is 2. The van der Waals surface area contributed by atoms with Crippen molar-refractivity contribution in [3.63, 3.8) is 0 Å². The van der Waals surface area contributed by atoms with Crippen LogP contribution in [0.1, 0.15) is 26.2 Å². The van der Waals surface area contributed by atoms with E-state index in [4.69, 9.17) is 10.5 Å². The van der Waals surface area contributed by atoms with Gasteiger partial charge in [0, 0.05) is 25.0 Å². The summed E-state index contributed by atoms with van der Waals surface area (Å²) < 4.78 is 5.33. The molecule has 6 nitrogen and oxygen atoms in total. The Kier molecular flexibility index (Phi) is 4.76. The number of nitrogens with one attached hydrogen (secondary N) is 1. The highest BCUT2D eigenvalue weighted by molar-refractivity contribution is 5.89. The van der Waals surface area contributed by atoms with Gasteiger partial charge in [-0.1, -0.05) is 0 Å². The maximum absolute atomic E-state index is 12.5. The van der Waals surface area contributed by atoms with Gasteiger partial charge in [0.1, 0.15) is 6.04 Å². The number of hydrogen-bond acceptors (Lipinski definition) is 4. The van der Waals surface area contributed by atoms with Crippen LogP contribution < -0.4 is 11.1 Å². The van der Waals surface area contributed by atoms with Gasteiger partial charge in [-0.15, -0.1) is 0 Å². The normalized spacial score (nSPS) is 31.3. The lowest BCUT2D eigenvalue weighted by Gasteiger charge is -2.36. The van der Waals surface area contributed by atoms with Crippen LogP contribution in [0.3, 0.4) is 0 Å². The standard InChI is InChI=1S/C13H23N3O3/c1-2-15-12(17)11-8-19-6-5-16(11)13(18)9-3-4-10(14)7-9/h9-11H,2-8,14H2,1H3,(H,15,17). The molecule has 3 N–H and O–H groups in total. The third-order valence-corrected chi connectivity index (χ3v) is 3.89. The molecule has 19 heavy (non-hydrogen) atoms. The highest BCUT2D eigenvalue weighted by Crippen LogP contribution is 2.27. The molecule has 2 rings (SSSR count). The van der Waals surface area contributed by atoms with Crippen LogP contribution in [0.15, 0.2) is 0 Å². The van der Waals surface area contributed by atoms with E-state index in [2.05, 4.69) is 5.32 Å². The number of hydrogen-bond donors (Lipinski definition) is 2. The molecule has 3 unspecified atom stereocenters. The van der Waals surface area contributed by atoms with Crippen molar-refractivity contribution in [1.82, 2.24) is 10.2 Å². The third-order valence-electron chi connectivity index (χ3n) is 3.89. The van der Waals surface area contributed by atoms with Gasteiger partial charge in [-0.3, -0.25) is 9.59 Å². The number of likely N-dealkylation sites (N-methyl/N-ethyl adjacent to an activating group) is 1. The van der Waals surface area contributed by atoms with Crippen LogP contribution in [-0.2, 0) is 14.3 Å². The minimum atomic E-state index is -0.488. The lowest BCUT2D eigenvalue weighted by atomic mass is 10.0. The first-order valence-electron chi connectivity index (χ1n) is 7.05. The number of ether oxygens (including phenoxy) is 1. The molecular formula is C13H23N3O3. The van der Waals surface area contributed by atoms with E-state index in [0.717, 1.165) is 19.3 Å². The molecule has 0 radical (unpaired) electrons. The van der Waals surface area contributed by atoms with Crippen molar-refractivity contribution in [3.8, 4) is 0 Å². The Balaban J connectivity index is 2.02. The Morgan fingerprint density at radius 3 is 2.84 bits per heavy atom. The zero-order valence-electron chi connectivity index (χ0n) is 11.4. The molecule has 1 aliphatic carbocycles. The van der Waals surface area contributed by atoms with Crippen molar-refractivity contribution in [2.45, 2.75) is 38.3 Å². The molecule has 2 fully saturated rings. The Labute approximate surface area is 113 Å². The highest BCUT2D eigenvalue weighted by atomic mass is 16.5. The molecule has 1 saturated heterocycles. The van der Waals surface area contributed by atoms with E-state index in [9.17, 15) is 9.59 Å². The van der Waals surface area contributed by atoms with Gasteiger partial charge in [0.2, 0.25) is 11.8 Å². The summed E-state index contributed by atoms with van der Waals surface area (Å²) in [6, 6.07) is -0.365. The predicted octanol–water partition coefficient (Wildman–Crippen LogP) is -0.523. The highest BCUT2D eigenvalue weighted by Gasteiger charge is 2.38. The molecule has 0 aromatic heterocycles. The van der Waals surface area contributed by atoms with Crippen LogP contribution in [0.4, 0.5) is 0 Å². The lowest BCUT2D eigenvalue weighted by Crippen LogP contribution is -2.57. The largest absolute Gasteiger partial charge is 0.377 e. The molecule has 1 heterocycles. The fourth-order valence-electron chi connectivity index (χ4n) is 2.85. The Morgan fingerprint density at radius 2 is 2.21 bits per heavy atom. The smallest absolute Gasteiger partial charge is 0.245 e. The summed E-state index contributed by atoms with van der Waals surface area (Å²) in [4.78, 5) is 26.2. The number of nitrogens with zero attached hydrogens (tertiary/aromatic N) is 1. The molecule has 1 aliphatic heterocycles. The van der Waals surface area contributed by atoms with E-state index in [1.165, 1.54) is 0 Å². The van der Waals surface area contributed by atoms with Crippen LogP contribution >= 0.6 is 0 Å². The van der Waals surface area contributed by atoms with E-state index >= 15 is 0 Å². The molecule has 0 spiro atoms. The van der Waals surface area contributed by atoms with Crippen molar-refractivity contribution in [2.75, 3.05) is 26.3 Å². The summed E-state index contributed by atoms with van der Waals surface area (Å²) in [5, 5.41) is 2.76. The van der Waals surface area contributed by atoms with E-state index < -0.39 is 6.04 Å². The zero-order chi connectivity index (χ0) is 13.8. The first-order valence-corrected chi connectivity index (χ1v) is 7.05. The van der Waals surface area contributed by atoms with Crippen LogP contribution in [0.25, 0.3) is 0 Å². The van der Waals surface area contributed by atoms with Gasteiger partial charge in [0.15, 0.2) is 0 Å². The van der Waals surface area contributed by atoms with Gasteiger partial charge in [0.05, 0.1) is 13.2 Å². The van der Waals surface area contributed by atoms with Gasteiger partial charge in [-0.25, -0.2) is 0 Å².